The van der Waals surface area contributed by atoms with Gasteiger partial charge in [-0.1, -0.05) is 54.5 Å². The summed E-state index contributed by atoms with van der Waals surface area (Å²) in [4.78, 5) is 25.2. The van der Waals surface area contributed by atoms with Crippen LogP contribution in [0, 0.1) is 34.1 Å². The first-order valence-electron chi connectivity index (χ1n) is 15.4. The molecule has 240 valence electrons. The average Bonchev–Trinajstić information content (AvgIpc) is 3.48. The zero-order valence-electron chi connectivity index (χ0n) is 26.0. The Labute approximate surface area is 270 Å². The van der Waals surface area contributed by atoms with Crippen molar-refractivity contribution in [3.8, 4) is 29.5 Å². The van der Waals surface area contributed by atoms with Gasteiger partial charge in [-0.25, -0.2) is 8.78 Å². The highest BCUT2D eigenvalue weighted by Crippen LogP contribution is 2.45. The number of nitro groups is 1. The van der Waals surface area contributed by atoms with E-state index in [1.165, 1.54) is 24.3 Å². The number of β-amino-alcohol motifs (C(OH)–C–C–N with tert-alkyl or cyclic N) is 1. The van der Waals surface area contributed by atoms with Crippen LogP contribution in [0.1, 0.15) is 38.2 Å². The molecule has 11 heteroatoms. The molecule has 47 heavy (non-hydrogen) atoms. The van der Waals surface area contributed by atoms with Crippen LogP contribution in [0.4, 0.5) is 20.3 Å². The molecule has 1 atom stereocenters. The summed E-state index contributed by atoms with van der Waals surface area (Å²) in [5, 5.41) is 24.3. The molecule has 0 bridgehead atoms. The summed E-state index contributed by atoms with van der Waals surface area (Å²) in [7, 11) is 0. The van der Waals surface area contributed by atoms with Gasteiger partial charge in [0.05, 0.1) is 32.6 Å². The normalized spacial score (nSPS) is 21.0. The Morgan fingerprint density at radius 1 is 1.17 bits per heavy atom. The van der Waals surface area contributed by atoms with Gasteiger partial charge >= 0.3 is 6.01 Å². The molecule has 0 spiro atoms. The standard InChI is InChI=1S/C36H33F2N5O4/c1-5-24-27(37)11-10-23-8-6-9-25(29(23)24)30-28(43(45)46)14-26-32(31(30)38)39-34(40-33(26)41-13-7-12-35(4,44)19-41)47-20-36-15-21(2)17-42(36)18-22(3)16-36/h1,6,8-11,14,44H,2-3,7,12-13,15-20H2,4H3/t35-/m1/s1. The molecule has 4 aromatic rings. The second-order valence-corrected chi connectivity index (χ2v) is 13.3. The smallest absolute Gasteiger partial charge is 0.319 e. The number of piperidine rings is 1. The molecule has 3 aliphatic rings. The van der Waals surface area contributed by atoms with Crippen LogP contribution in [0.15, 0.2) is 60.7 Å². The van der Waals surface area contributed by atoms with E-state index >= 15 is 4.39 Å². The van der Waals surface area contributed by atoms with Gasteiger partial charge in [-0.15, -0.1) is 6.42 Å². The lowest BCUT2D eigenvalue weighted by molar-refractivity contribution is -0.384. The second kappa shape index (κ2) is 11.1. The molecule has 1 aromatic heterocycles. The third-order valence-corrected chi connectivity index (χ3v) is 9.58. The zero-order valence-corrected chi connectivity index (χ0v) is 26.0. The summed E-state index contributed by atoms with van der Waals surface area (Å²) in [6.45, 7) is 12.3. The number of hydrogen-bond acceptors (Lipinski definition) is 8. The molecule has 0 aliphatic carbocycles. The molecule has 3 aromatic carbocycles. The first-order chi connectivity index (χ1) is 22.4. The van der Waals surface area contributed by atoms with Crippen LogP contribution in [0.2, 0.25) is 0 Å². The molecule has 4 heterocycles. The zero-order chi connectivity index (χ0) is 33.2. The molecular formula is C36H33F2N5O4. The van der Waals surface area contributed by atoms with Crippen molar-refractivity contribution in [3.63, 3.8) is 0 Å². The molecule has 0 amide bonds. The van der Waals surface area contributed by atoms with Gasteiger partial charge in [0.25, 0.3) is 5.69 Å². The Morgan fingerprint density at radius 3 is 2.60 bits per heavy atom. The number of nitrogens with zero attached hydrogens (tertiary/aromatic N) is 5. The third-order valence-electron chi connectivity index (χ3n) is 9.58. The number of ether oxygens (including phenoxy) is 1. The van der Waals surface area contributed by atoms with Gasteiger partial charge in [0.15, 0.2) is 5.82 Å². The van der Waals surface area contributed by atoms with Crippen molar-refractivity contribution < 1.29 is 23.5 Å². The van der Waals surface area contributed by atoms with Gasteiger partial charge < -0.3 is 14.7 Å². The van der Waals surface area contributed by atoms with Crippen LogP contribution >= 0.6 is 0 Å². The maximum Gasteiger partial charge on any atom is 0.319 e. The Kier molecular flexibility index (Phi) is 7.26. The number of benzene rings is 3. The van der Waals surface area contributed by atoms with Crippen LogP contribution in [0.3, 0.4) is 0 Å². The number of nitro benzene ring substituents is 1. The predicted molar refractivity (Wildman–Crippen MR) is 176 cm³/mol. The number of fused-ring (bicyclic) bond motifs is 3. The molecule has 3 saturated heterocycles. The fourth-order valence-corrected chi connectivity index (χ4v) is 7.64. The molecule has 3 fully saturated rings. The summed E-state index contributed by atoms with van der Waals surface area (Å²) in [6.07, 6.45) is 8.27. The third kappa shape index (κ3) is 5.18. The predicted octanol–water partition coefficient (Wildman–Crippen LogP) is 6.31. The highest BCUT2D eigenvalue weighted by atomic mass is 19.1. The molecule has 0 saturated carbocycles. The van der Waals surface area contributed by atoms with E-state index in [9.17, 15) is 19.6 Å². The minimum absolute atomic E-state index is 0.0630. The average molecular weight is 638 g/mol. The minimum Gasteiger partial charge on any atom is -0.461 e. The topological polar surface area (TPSA) is 105 Å². The molecule has 3 aliphatic heterocycles. The Bertz CT molecular complexity index is 2050. The Hall–Kier alpha value is -4.92. The number of terminal acetylenes is 1. The molecule has 7 rings (SSSR count). The number of hydrogen-bond donors (Lipinski definition) is 1. The second-order valence-electron chi connectivity index (χ2n) is 13.3. The summed E-state index contributed by atoms with van der Waals surface area (Å²) in [6, 6.07) is 8.61. The largest absolute Gasteiger partial charge is 0.461 e. The van der Waals surface area contributed by atoms with E-state index < -0.39 is 27.8 Å². The van der Waals surface area contributed by atoms with Crippen LogP contribution in [-0.2, 0) is 0 Å². The van der Waals surface area contributed by atoms with Crippen LogP contribution < -0.4 is 9.64 Å². The first-order valence-corrected chi connectivity index (χ1v) is 15.4. The van der Waals surface area contributed by atoms with E-state index in [1.54, 1.807) is 24.0 Å². The van der Waals surface area contributed by atoms with E-state index in [-0.39, 0.29) is 63.5 Å². The van der Waals surface area contributed by atoms with Gasteiger partial charge in [-0.05, 0) is 44.1 Å². The van der Waals surface area contributed by atoms with Crippen LogP contribution in [0.25, 0.3) is 32.8 Å². The highest BCUT2D eigenvalue weighted by molar-refractivity contribution is 6.06. The van der Waals surface area contributed by atoms with Crippen molar-refractivity contribution in [2.45, 2.75) is 43.7 Å². The Balaban J connectivity index is 1.45. The van der Waals surface area contributed by atoms with E-state index in [2.05, 4.69) is 33.9 Å². The van der Waals surface area contributed by atoms with Crippen molar-refractivity contribution in [2.24, 2.45) is 0 Å². The first kappa shape index (κ1) is 30.7. The fourth-order valence-electron chi connectivity index (χ4n) is 7.64. The molecule has 9 nitrogen and oxygen atoms in total. The quantitative estimate of drug-likeness (QED) is 0.114. The number of halogens is 2. The van der Waals surface area contributed by atoms with Crippen molar-refractivity contribution in [1.82, 2.24) is 14.9 Å². The number of anilines is 1. The maximum absolute atomic E-state index is 17.1. The minimum atomic E-state index is -1.06. The summed E-state index contributed by atoms with van der Waals surface area (Å²) >= 11 is 0. The SMILES string of the molecule is C#Cc1c(F)ccc2cccc(-c3c([N+](=O)[O-])cc4c(N5CCC[C@@](C)(O)C5)nc(OCC56CC(=C)CN5CC(=C)C6)nc4c3F)c12. The van der Waals surface area contributed by atoms with Gasteiger partial charge in [0, 0.05) is 43.2 Å². The van der Waals surface area contributed by atoms with Gasteiger partial charge in [-0.2, -0.15) is 9.97 Å². The van der Waals surface area contributed by atoms with Gasteiger partial charge in [0.1, 0.15) is 23.8 Å². The Morgan fingerprint density at radius 2 is 1.91 bits per heavy atom. The van der Waals surface area contributed by atoms with E-state index in [0.29, 0.717) is 37.6 Å². The summed E-state index contributed by atoms with van der Waals surface area (Å²) in [5.41, 5.74) is -0.473. The van der Waals surface area contributed by atoms with Crippen molar-refractivity contribution in [3.05, 3.63) is 88.0 Å². The van der Waals surface area contributed by atoms with Gasteiger partial charge in [0.2, 0.25) is 0 Å². The molecule has 0 radical (unpaired) electrons. The van der Waals surface area contributed by atoms with Crippen LogP contribution in [0.5, 0.6) is 6.01 Å². The van der Waals surface area contributed by atoms with Crippen molar-refractivity contribution >= 4 is 33.2 Å². The van der Waals surface area contributed by atoms with Gasteiger partial charge in [-0.3, -0.25) is 15.0 Å². The number of rotatable bonds is 6. The number of aromatic nitrogens is 2. The summed E-state index contributed by atoms with van der Waals surface area (Å²) < 4.78 is 38.3. The van der Waals surface area contributed by atoms with Crippen LogP contribution in [-0.4, -0.2) is 68.8 Å². The lowest BCUT2D eigenvalue weighted by Crippen LogP contribution is -2.46. The lowest BCUT2D eigenvalue weighted by Gasteiger charge is -2.38. The monoisotopic (exact) mass is 637 g/mol. The summed E-state index contributed by atoms with van der Waals surface area (Å²) in [5.74, 6) is 0.852. The maximum atomic E-state index is 17.1. The number of aliphatic hydroxyl groups is 1. The highest BCUT2D eigenvalue weighted by Gasteiger charge is 2.48. The lowest BCUT2D eigenvalue weighted by atomic mass is 9.92. The van der Waals surface area contributed by atoms with Crippen molar-refractivity contribution in [2.75, 3.05) is 37.7 Å². The fraction of sp³-hybridized carbons (Fsp3) is 0.333. The molecule has 1 N–H and O–H groups in total. The molecular weight excluding hydrogens is 604 g/mol. The molecule has 0 unspecified atom stereocenters. The van der Waals surface area contributed by atoms with Crippen molar-refractivity contribution in [1.29, 1.82) is 0 Å². The van der Waals surface area contributed by atoms with E-state index in [0.717, 1.165) is 24.2 Å². The van der Waals surface area contributed by atoms with E-state index in [4.69, 9.17) is 11.2 Å². The van der Waals surface area contributed by atoms with E-state index in [1.807, 2.05) is 0 Å².